The van der Waals surface area contributed by atoms with Crippen molar-refractivity contribution < 1.29 is 12.8 Å². The summed E-state index contributed by atoms with van der Waals surface area (Å²) in [5, 5.41) is 10.7. The van der Waals surface area contributed by atoms with E-state index in [9.17, 15) is 12.8 Å². The zero-order chi connectivity index (χ0) is 15.6. The first-order valence-corrected chi connectivity index (χ1v) is 7.65. The van der Waals surface area contributed by atoms with Crippen LogP contribution in [-0.4, -0.2) is 28.6 Å². The molecular formula is C13H10FN5O2S. The summed E-state index contributed by atoms with van der Waals surface area (Å²) in [7, 11) is -3.92. The summed E-state index contributed by atoms with van der Waals surface area (Å²) in [6.45, 7) is 0. The van der Waals surface area contributed by atoms with Gasteiger partial charge < -0.3 is 0 Å². The van der Waals surface area contributed by atoms with Crippen LogP contribution in [0.15, 0.2) is 59.8 Å². The van der Waals surface area contributed by atoms with Gasteiger partial charge in [0.1, 0.15) is 12.1 Å². The molecule has 7 nitrogen and oxygen atoms in total. The quantitative estimate of drug-likeness (QED) is 0.789. The van der Waals surface area contributed by atoms with Gasteiger partial charge in [-0.2, -0.15) is 4.68 Å². The van der Waals surface area contributed by atoms with Crippen LogP contribution in [0, 0.1) is 5.82 Å². The Kier molecular flexibility index (Phi) is 3.55. The van der Waals surface area contributed by atoms with Gasteiger partial charge in [-0.1, -0.05) is 18.2 Å². The molecule has 3 aromatic rings. The van der Waals surface area contributed by atoms with Crippen LogP contribution in [0.25, 0.3) is 5.69 Å². The van der Waals surface area contributed by atoms with Gasteiger partial charge in [0, 0.05) is 0 Å². The molecule has 3 rings (SSSR count). The van der Waals surface area contributed by atoms with E-state index in [-0.39, 0.29) is 10.6 Å². The van der Waals surface area contributed by atoms with E-state index in [1.165, 1.54) is 29.2 Å². The van der Waals surface area contributed by atoms with Crippen molar-refractivity contribution in [1.29, 1.82) is 0 Å². The van der Waals surface area contributed by atoms with Gasteiger partial charge in [0.15, 0.2) is 0 Å². The van der Waals surface area contributed by atoms with Gasteiger partial charge in [0.2, 0.25) is 0 Å². The van der Waals surface area contributed by atoms with Crippen LogP contribution in [0.5, 0.6) is 0 Å². The summed E-state index contributed by atoms with van der Waals surface area (Å²) in [5.74, 6) is -0.628. The Morgan fingerprint density at radius 2 is 1.91 bits per heavy atom. The SMILES string of the molecule is O=S(=O)(Nc1ccccc1-n1cnnn1)c1cccc(F)c1. The number of sulfonamides is 1. The molecule has 112 valence electrons. The van der Waals surface area contributed by atoms with Crippen LogP contribution in [0.2, 0.25) is 0 Å². The molecule has 0 spiro atoms. The predicted molar refractivity (Wildman–Crippen MR) is 76.4 cm³/mol. The van der Waals surface area contributed by atoms with Crippen LogP contribution in [0.1, 0.15) is 0 Å². The van der Waals surface area contributed by atoms with Crippen molar-refractivity contribution in [2.45, 2.75) is 4.90 Å². The fourth-order valence-corrected chi connectivity index (χ4v) is 2.97. The molecule has 0 aliphatic heterocycles. The molecule has 9 heteroatoms. The predicted octanol–water partition coefficient (Wildman–Crippen LogP) is 1.60. The number of tetrazole rings is 1. The van der Waals surface area contributed by atoms with Crippen LogP contribution in [0.4, 0.5) is 10.1 Å². The van der Waals surface area contributed by atoms with Crippen LogP contribution in [-0.2, 0) is 10.0 Å². The maximum Gasteiger partial charge on any atom is 0.262 e. The zero-order valence-electron chi connectivity index (χ0n) is 11.1. The lowest BCUT2D eigenvalue weighted by Crippen LogP contribution is -2.15. The fraction of sp³-hybridized carbons (Fsp3) is 0. The van der Waals surface area contributed by atoms with Crippen molar-refractivity contribution in [3.8, 4) is 5.69 Å². The molecule has 0 saturated carbocycles. The van der Waals surface area contributed by atoms with E-state index in [1.54, 1.807) is 24.3 Å². The summed E-state index contributed by atoms with van der Waals surface area (Å²) in [6, 6.07) is 11.4. The Hall–Kier alpha value is -2.81. The molecule has 0 radical (unpaired) electrons. The molecular weight excluding hydrogens is 309 g/mol. The van der Waals surface area contributed by atoms with E-state index in [0.29, 0.717) is 5.69 Å². The lowest BCUT2D eigenvalue weighted by molar-refractivity contribution is 0.595. The second kappa shape index (κ2) is 5.53. The largest absolute Gasteiger partial charge is 0.277 e. The Bertz CT molecular complexity index is 896. The number of nitrogens with one attached hydrogen (secondary N) is 1. The number of rotatable bonds is 4. The lowest BCUT2D eigenvalue weighted by atomic mass is 10.3. The smallest absolute Gasteiger partial charge is 0.262 e. The normalized spacial score (nSPS) is 11.3. The van der Waals surface area contributed by atoms with Crippen LogP contribution < -0.4 is 4.72 Å². The highest BCUT2D eigenvalue weighted by Gasteiger charge is 2.17. The monoisotopic (exact) mass is 319 g/mol. The maximum absolute atomic E-state index is 13.2. The summed E-state index contributed by atoms with van der Waals surface area (Å²) in [5.41, 5.74) is 0.728. The minimum atomic E-state index is -3.92. The molecule has 1 aromatic heterocycles. The fourth-order valence-electron chi connectivity index (χ4n) is 1.87. The van der Waals surface area contributed by atoms with E-state index >= 15 is 0 Å². The molecule has 0 atom stereocenters. The number of aromatic nitrogens is 4. The third-order valence-electron chi connectivity index (χ3n) is 2.85. The molecule has 1 N–H and O–H groups in total. The van der Waals surface area contributed by atoms with Crippen molar-refractivity contribution in [3.63, 3.8) is 0 Å². The standard InChI is InChI=1S/C13H10FN5O2S/c14-10-4-3-5-11(8-10)22(20,21)16-12-6-1-2-7-13(12)19-9-15-17-18-19/h1-9,16H. The molecule has 0 bridgehead atoms. The zero-order valence-corrected chi connectivity index (χ0v) is 11.9. The molecule has 0 unspecified atom stereocenters. The molecule has 0 saturated heterocycles. The molecule has 1 heterocycles. The Labute approximate surface area is 125 Å². The highest BCUT2D eigenvalue weighted by molar-refractivity contribution is 7.92. The summed E-state index contributed by atoms with van der Waals surface area (Å²) >= 11 is 0. The second-order valence-corrected chi connectivity index (χ2v) is 6.02. The van der Waals surface area contributed by atoms with Crippen molar-refractivity contribution in [3.05, 3.63) is 60.7 Å². The van der Waals surface area contributed by atoms with Crippen molar-refractivity contribution in [2.24, 2.45) is 0 Å². The summed E-state index contributed by atoms with van der Waals surface area (Å²) < 4.78 is 41.6. The van der Waals surface area contributed by atoms with Crippen LogP contribution in [0.3, 0.4) is 0 Å². The number of para-hydroxylation sites is 2. The third kappa shape index (κ3) is 2.79. The Balaban J connectivity index is 2.00. The minimum absolute atomic E-state index is 0.168. The second-order valence-electron chi connectivity index (χ2n) is 4.33. The molecule has 22 heavy (non-hydrogen) atoms. The average molecular weight is 319 g/mol. The average Bonchev–Trinajstić information content (AvgIpc) is 3.01. The van der Waals surface area contributed by atoms with Gasteiger partial charge in [-0.3, -0.25) is 4.72 Å². The molecule has 0 aliphatic carbocycles. The summed E-state index contributed by atoms with van der Waals surface area (Å²) in [4.78, 5) is -0.168. The first kappa shape index (κ1) is 14.1. The van der Waals surface area contributed by atoms with E-state index in [0.717, 1.165) is 6.07 Å². The van der Waals surface area contributed by atoms with E-state index < -0.39 is 15.8 Å². The molecule has 0 amide bonds. The number of hydrogen-bond donors (Lipinski definition) is 1. The maximum atomic E-state index is 13.2. The number of anilines is 1. The van der Waals surface area contributed by atoms with Gasteiger partial charge in [0.25, 0.3) is 10.0 Å². The first-order valence-electron chi connectivity index (χ1n) is 6.17. The number of nitrogens with zero attached hydrogens (tertiary/aromatic N) is 4. The molecule has 0 aliphatic rings. The minimum Gasteiger partial charge on any atom is -0.277 e. The first-order chi connectivity index (χ1) is 10.6. The Morgan fingerprint density at radius 1 is 1.09 bits per heavy atom. The topological polar surface area (TPSA) is 89.8 Å². The van der Waals surface area contributed by atoms with Gasteiger partial charge in [-0.25, -0.2) is 12.8 Å². The van der Waals surface area contributed by atoms with Crippen LogP contribution >= 0.6 is 0 Å². The highest BCUT2D eigenvalue weighted by atomic mass is 32.2. The Morgan fingerprint density at radius 3 is 2.64 bits per heavy atom. The van der Waals surface area contributed by atoms with E-state index in [1.807, 2.05) is 0 Å². The summed E-state index contributed by atoms with van der Waals surface area (Å²) in [6.07, 6.45) is 1.34. The van der Waals surface area contributed by atoms with Gasteiger partial charge in [-0.15, -0.1) is 5.10 Å². The van der Waals surface area contributed by atoms with E-state index in [4.69, 9.17) is 0 Å². The lowest BCUT2D eigenvalue weighted by Gasteiger charge is -2.11. The molecule has 0 fully saturated rings. The van der Waals surface area contributed by atoms with E-state index in [2.05, 4.69) is 20.2 Å². The highest BCUT2D eigenvalue weighted by Crippen LogP contribution is 2.22. The van der Waals surface area contributed by atoms with Crippen molar-refractivity contribution in [2.75, 3.05) is 4.72 Å². The van der Waals surface area contributed by atoms with Crippen molar-refractivity contribution >= 4 is 15.7 Å². The van der Waals surface area contributed by atoms with Gasteiger partial charge in [0.05, 0.1) is 16.3 Å². The number of benzene rings is 2. The van der Waals surface area contributed by atoms with Gasteiger partial charge in [-0.05, 0) is 40.8 Å². The number of halogens is 1. The third-order valence-corrected chi connectivity index (χ3v) is 4.21. The number of hydrogen-bond acceptors (Lipinski definition) is 5. The van der Waals surface area contributed by atoms with Gasteiger partial charge >= 0.3 is 0 Å². The van der Waals surface area contributed by atoms with Crippen molar-refractivity contribution in [1.82, 2.24) is 20.2 Å². The molecule has 2 aromatic carbocycles.